The lowest BCUT2D eigenvalue weighted by Crippen LogP contribution is -2.44. The van der Waals surface area contributed by atoms with E-state index in [9.17, 15) is 14.7 Å². The van der Waals surface area contributed by atoms with E-state index in [1.807, 2.05) is 30.3 Å². The standard InChI is InChI=1S/C25H26O4/c1-25-12-11-19-18-10-8-17(29-24(28)15-5-3-2-4-6-15)13-16(18)7-9-20(19)21(25)14-22(26)23(25)27/h2-6,8,10,13,19-21,23,27H,7,9,11-12,14H2,1H3/t19-,20-,21-,23-,25-/m0/s1. The Morgan fingerprint density at radius 3 is 2.72 bits per heavy atom. The van der Waals surface area contributed by atoms with Crippen LogP contribution in [0.2, 0.25) is 0 Å². The van der Waals surface area contributed by atoms with Crippen molar-refractivity contribution in [1.82, 2.24) is 0 Å². The van der Waals surface area contributed by atoms with Gasteiger partial charge in [0.1, 0.15) is 11.9 Å². The summed E-state index contributed by atoms with van der Waals surface area (Å²) in [5.74, 6) is 1.41. The summed E-state index contributed by atoms with van der Waals surface area (Å²) < 4.78 is 5.60. The number of aryl methyl sites for hydroxylation is 1. The summed E-state index contributed by atoms with van der Waals surface area (Å²) in [5, 5.41) is 10.5. The zero-order chi connectivity index (χ0) is 20.2. The van der Waals surface area contributed by atoms with Gasteiger partial charge in [-0.1, -0.05) is 31.2 Å². The smallest absolute Gasteiger partial charge is 0.343 e. The molecule has 2 aromatic rings. The summed E-state index contributed by atoms with van der Waals surface area (Å²) >= 11 is 0. The number of hydrogen-bond acceptors (Lipinski definition) is 4. The molecule has 150 valence electrons. The van der Waals surface area contributed by atoms with Gasteiger partial charge in [0.15, 0.2) is 5.78 Å². The lowest BCUT2D eigenvalue weighted by molar-refractivity contribution is -0.128. The molecule has 2 saturated carbocycles. The van der Waals surface area contributed by atoms with Gasteiger partial charge in [-0.25, -0.2) is 4.79 Å². The zero-order valence-corrected chi connectivity index (χ0v) is 16.6. The summed E-state index contributed by atoms with van der Waals surface area (Å²) in [6.07, 6.45) is 3.54. The van der Waals surface area contributed by atoms with E-state index in [0.29, 0.717) is 29.6 Å². The molecule has 4 heteroatoms. The van der Waals surface area contributed by atoms with E-state index in [4.69, 9.17) is 4.74 Å². The van der Waals surface area contributed by atoms with Crippen molar-refractivity contribution in [3.05, 3.63) is 65.2 Å². The molecule has 5 atom stereocenters. The number of aliphatic hydroxyl groups excluding tert-OH is 1. The molecule has 1 N–H and O–H groups in total. The zero-order valence-electron chi connectivity index (χ0n) is 16.6. The monoisotopic (exact) mass is 390 g/mol. The number of Topliss-reactive ketones (excluding diaryl/α,β-unsaturated/α-hetero) is 1. The third-order valence-corrected chi connectivity index (χ3v) is 7.71. The third kappa shape index (κ3) is 2.93. The van der Waals surface area contributed by atoms with Crippen molar-refractivity contribution in [1.29, 1.82) is 0 Å². The molecule has 0 spiro atoms. The van der Waals surface area contributed by atoms with Gasteiger partial charge in [-0.15, -0.1) is 0 Å². The largest absolute Gasteiger partial charge is 0.423 e. The fourth-order valence-electron chi connectivity index (χ4n) is 6.13. The van der Waals surface area contributed by atoms with Crippen LogP contribution in [0.3, 0.4) is 0 Å². The van der Waals surface area contributed by atoms with Crippen molar-refractivity contribution in [3.63, 3.8) is 0 Å². The van der Waals surface area contributed by atoms with Crippen molar-refractivity contribution in [3.8, 4) is 5.75 Å². The first-order valence-electron chi connectivity index (χ1n) is 10.6. The van der Waals surface area contributed by atoms with Crippen molar-refractivity contribution in [2.45, 2.75) is 51.0 Å². The lowest BCUT2D eigenvalue weighted by Gasteiger charge is -2.49. The molecule has 29 heavy (non-hydrogen) atoms. The maximum Gasteiger partial charge on any atom is 0.343 e. The number of carbonyl (C=O) groups excluding carboxylic acids is 2. The molecule has 5 rings (SSSR count). The highest BCUT2D eigenvalue weighted by atomic mass is 16.5. The molecule has 3 aliphatic rings. The van der Waals surface area contributed by atoms with E-state index in [2.05, 4.69) is 13.0 Å². The van der Waals surface area contributed by atoms with Crippen LogP contribution in [0.25, 0.3) is 0 Å². The minimum Gasteiger partial charge on any atom is -0.423 e. The first-order chi connectivity index (χ1) is 14.0. The van der Waals surface area contributed by atoms with Crippen LogP contribution in [-0.4, -0.2) is 23.0 Å². The molecule has 0 amide bonds. The van der Waals surface area contributed by atoms with E-state index in [0.717, 1.165) is 25.7 Å². The van der Waals surface area contributed by atoms with E-state index in [1.54, 1.807) is 12.1 Å². The Bertz CT molecular complexity index is 966. The summed E-state index contributed by atoms with van der Waals surface area (Å²) in [4.78, 5) is 24.6. The summed E-state index contributed by atoms with van der Waals surface area (Å²) in [6, 6.07) is 15.0. The highest BCUT2D eigenvalue weighted by Crippen LogP contribution is 2.60. The van der Waals surface area contributed by atoms with Gasteiger partial charge in [0.2, 0.25) is 0 Å². The van der Waals surface area contributed by atoms with Crippen molar-refractivity contribution in [2.24, 2.45) is 17.3 Å². The predicted octanol–water partition coefficient (Wildman–Crippen LogP) is 4.30. The molecular weight excluding hydrogens is 364 g/mol. The number of aliphatic hydroxyl groups is 1. The van der Waals surface area contributed by atoms with Crippen LogP contribution in [0.1, 0.15) is 60.0 Å². The van der Waals surface area contributed by atoms with Gasteiger partial charge in [0.05, 0.1) is 5.56 Å². The minimum absolute atomic E-state index is 0.0205. The quantitative estimate of drug-likeness (QED) is 0.613. The average Bonchev–Trinajstić information content (AvgIpc) is 2.98. The van der Waals surface area contributed by atoms with Gasteiger partial charge in [-0.2, -0.15) is 0 Å². The van der Waals surface area contributed by atoms with Crippen LogP contribution in [0.5, 0.6) is 5.75 Å². The maximum atomic E-state index is 12.4. The highest BCUT2D eigenvalue weighted by Gasteiger charge is 2.57. The Hall–Kier alpha value is -2.46. The van der Waals surface area contributed by atoms with Crippen molar-refractivity contribution < 1.29 is 19.4 Å². The summed E-state index contributed by atoms with van der Waals surface area (Å²) in [6.45, 7) is 2.10. The van der Waals surface area contributed by atoms with Crippen LogP contribution in [0.4, 0.5) is 0 Å². The Balaban J connectivity index is 1.38. The second-order valence-electron chi connectivity index (χ2n) is 9.15. The Labute approximate surface area is 170 Å². The van der Waals surface area contributed by atoms with Gasteiger partial charge in [0.25, 0.3) is 0 Å². The molecule has 0 aromatic heterocycles. The molecule has 0 radical (unpaired) electrons. The molecular formula is C25H26O4. The average molecular weight is 390 g/mol. The van der Waals surface area contributed by atoms with Gasteiger partial charge in [-0.05, 0) is 78.8 Å². The van der Waals surface area contributed by atoms with Crippen LogP contribution in [-0.2, 0) is 11.2 Å². The minimum atomic E-state index is -0.797. The van der Waals surface area contributed by atoms with E-state index in [1.165, 1.54) is 11.1 Å². The summed E-state index contributed by atoms with van der Waals surface area (Å²) in [7, 11) is 0. The molecule has 0 saturated heterocycles. The molecule has 0 aliphatic heterocycles. The van der Waals surface area contributed by atoms with Crippen LogP contribution in [0, 0.1) is 17.3 Å². The molecule has 0 unspecified atom stereocenters. The van der Waals surface area contributed by atoms with E-state index >= 15 is 0 Å². The Kier molecular flexibility index (Phi) is 4.36. The Morgan fingerprint density at radius 1 is 1.14 bits per heavy atom. The molecule has 4 nitrogen and oxygen atoms in total. The van der Waals surface area contributed by atoms with Gasteiger partial charge < -0.3 is 9.84 Å². The number of esters is 1. The number of benzene rings is 2. The molecule has 2 fully saturated rings. The van der Waals surface area contributed by atoms with Gasteiger partial charge >= 0.3 is 5.97 Å². The number of ketones is 1. The fourth-order valence-corrected chi connectivity index (χ4v) is 6.13. The number of carbonyl (C=O) groups is 2. The first kappa shape index (κ1) is 18.6. The topological polar surface area (TPSA) is 63.6 Å². The SMILES string of the molecule is C[C@]12CC[C@H]3c4ccc(OC(=O)c5ccccc5)cc4CC[C@@H]3[C@@H]1CC(=O)[C@@H]2O. The van der Waals surface area contributed by atoms with Crippen LogP contribution < -0.4 is 4.74 Å². The second kappa shape index (κ2) is 6.81. The van der Waals surface area contributed by atoms with Gasteiger partial charge in [-0.3, -0.25) is 4.79 Å². The van der Waals surface area contributed by atoms with Gasteiger partial charge in [0, 0.05) is 11.8 Å². The number of ether oxygens (including phenoxy) is 1. The van der Waals surface area contributed by atoms with Crippen LogP contribution >= 0.6 is 0 Å². The number of hydrogen-bond donors (Lipinski definition) is 1. The lowest BCUT2D eigenvalue weighted by atomic mass is 9.55. The van der Waals surface area contributed by atoms with E-state index in [-0.39, 0.29) is 23.1 Å². The van der Waals surface area contributed by atoms with Crippen molar-refractivity contribution in [2.75, 3.05) is 0 Å². The van der Waals surface area contributed by atoms with Crippen LogP contribution in [0.15, 0.2) is 48.5 Å². The molecule has 3 aliphatic carbocycles. The molecule has 2 aromatic carbocycles. The van der Waals surface area contributed by atoms with Crippen molar-refractivity contribution >= 4 is 11.8 Å². The number of fused-ring (bicyclic) bond motifs is 5. The predicted molar refractivity (Wildman–Crippen MR) is 109 cm³/mol. The van der Waals surface area contributed by atoms with E-state index < -0.39 is 6.10 Å². The first-order valence-corrected chi connectivity index (χ1v) is 10.6. The Morgan fingerprint density at radius 2 is 1.93 bits per heavy atom. The third-order valence-electron chi connectivity index (χ3n) is 7.71. The normalized spacial score (nSPS) is 32.8. The fraction of sp³-hybridized carbons (Fsp3) is 0.440. The maximum absolute atomic E-state index is 12.4. The molecule has 0 heterocycles. The molecule has 0 bridgehead atoms. The number of rotatable bonds is 2. The second-order valence-corrected chi connectivity index (χ2v) is 9.15. The summed E-state index contributed by atoms with van der Waals surface area (Å²) in [5.41, 5.74) is 2.86. The highest BCUT2D eigenvalue weighted by molar-refractivity contribution is 5.91.